The molecule has 0 bridgehead atoms. The van der Waals surface area contributed by atoms with E-state index in [0.29, 0.717) is 11.7 Å². The fraction of sp³-hybridized carbons (Fsp3) is 0.167. The van der Waals surface area contributed by atoms with E-state index in [2.05, 4.69) is 9.97 Å². The highest BCUT2D eigenvalue weighted by atomic mass is 32.2. The molecule has 0 saturated heterocycles. The zero-order chi connectivity index (χ0) is 12.3. The summed E-state index contributed by atoms with van der Waals surface area (Å²) < 4.78 is 12.8. The lowest BCUT2D eigenvalue weighted by molar-refractivity contribution is 0.626. The molecule has 0 fully saturated rings. The van der Waals surface area contributed by atoms with Crippen LogP contribution in [0.4, 0.5) is 4.39 Å². The van der Waals surface area contributed by atoms with Crippen LogP contribution in [0.15, 0.2) is 40.4 Å². The van der Waals surface area contributed by atoms with Crippen molar-refractivity contribution in [1.82, 2.24) is 9.97 Å². The van der Waals surface area contributed by atoms with Gasteiger partial charge in [-0.1, -0.05) is 0 Å². The van der Waals surface area contributed by atoms with Crippen molar-refractivity contribution in [2.45, 2.75) is 23.5 Å². The number of hydrogen-bond acceptors (Lipinski definition) is 4. The average molecular weight is 249 g/mol. The van der Waals surface area contributed by atoms with E-state index in [4.69, 9.17) is 5.73 Å². The Kier molecular flexibility index (Phi) is 3.71. The van der Waals surface area contributed by atoms with Gasteiger partial charge in [-0.25, -0.2) is 14.4 Å². The Morgan fingerprint density at radius 1 is 1.24 bits per heavy atom. The van der Waals surface area contributed by atoms with Crippen molar-refractivity contribution in [1.29, 1.82) is 0 Å². The van der Waals surface area contributed by atoms with Crippen LogP contribution in [0.5, 0.6) is 0 Å². The van der Waals surface area contributed by atoms with Crippen LogP contribution in [0.1, 0.15) is 11.4 Å². The van der Waals surface area contributed by atoms with E-state index < -0.39 is 0 Å². The summed E-state index contributed by atoms with van der Waals surface area (Å²) in [7, 11) is 0. The van der Waals surface area contributed by atoms with Gasteiger partial charge in [-0.3, -0.25) is 0 Å². The topological polar surface area (TPSA) is 51.8 Å². The van der Waals surface area contributed by atoms with E-state index in [9.17, 15) is 4.39 Å². The molecule has 5 heteroatoms. The Balaban J connectivity index is 2.23. The van der Waals surface area contributed by atoms with Crippen molar-refractivity contribution in [2.24, 2.45) is 5.73 Å². The van der Waals surface area contributed by atoms with Gasteiger partial charge in [-0.15, -0.1) is 0 Å². The van der Waals surface area contributed by atoms with Crippen LogP contribution in [-0.4, -0.2) is 9.97 Å². The average Bonchev–Trinajstić information content (AvgIpc) is 2.31. The van der Waals surface area contributed by atoms with Crippen molar-refractivity contribution in [3.05, 3.63) is 47.5 Å². The van der Waals surface area contributed by atoms with E-state index in [-0.39, 0.29) is 5.82 Å². The first kappa shape index (κ1) is 12.0. The zero-order valence-corrected chi connectivity index (χ0v) is 10.2. The molecule has 0 spiro atoms. The molecule has 1 heterocycles. The summed E-state index contributed by atoms with van der Waals surface area (Å²) in [5, 5.41) is 0.636. The quantitative estimate of drug-likeness (QED) is 0.849. The van der Waals surface area contributed by atoms with Gasteiger partial charge >= 0.3 is 0 Å². The maximum absolute atomic E-state index is 12.8. The lowest BCUT2D eigenvalue weighted by Gasteiger charge is -2.04. The number of nitrogens with zero attached hydrogens (tertiary/aromatic N) is 2. The number of rotatable bonds is 3. The fourth-order valence-electron chi connectivity index (χ4n) is 1.36. The van der Waals surface area contributed by atoms with Gasteiger partial charge in [-0.2, -0.15) is 0 Å². The summed E-state index contributed by atoms with van der Waals surface area (Å²) in [6, 6.07) is 8.10. The molecule has 0 atom stereocenters. The Labute approximate surface area is 103 Å². The van der Waals surface area contributed by atoms with Crippen molar-refractivity contribution in [3.63, 3.8) is 0 Å². The smallest absolute Gasteiger partial charge is 0.192 e. The van der Waals surface area contributed by atoms with Gasteiger partial charge in [0.1, 0.15) is 5.82 Å². The summed E-state index contributed by atoms with van der Waals surface area (Å²) in [4.78, 5) is 9.51. The first-order valence-electron chi connectivity index (χ1n) is 5.15. The van der Waals surface area contributed by atoms with Gasteiger partial charge in [0.05, 0.1) is 5.69 Å². The largest absolute Gasteiger partial charge is 0.325 e. The minimum Gasteiger partial charge on any atom is -0.325 e. The Hall–Kier alpha value is -1.46. The van der Waals surface area contributed by atoms with E-state index in [1.807, 2.05) is 13.0 Å². The van der Waals surface area contributed by atoms with Crippen LogP contribution in [0.2, 0.25) is 0 Å². The molecular formula is C12H12FN3S. The van der Waals surface area contributed by atoms with Crippen LogP contribution in [-0.2, 0) is 6.54 Å². The van der Waals surface area contributed by atoms with Crippen molar-refractivity contribution < 1.29 is 4.39 Å². The van der Waals surface area contributed by atoms with Crippen LogP contribution < -0.4 is 5.73 Å². The lowest BCUT2D eigenvalue weighted by Crippen LogP contribution is -2.02. The van der Waals surface area contributed by atoms with Gasteiger partial charge < -0.3 is 5.73 Å². The van der Waals surface area contributed by atoms with Crippen molar-refractivity contribution in [2.75, 3.05) is 0 Å². The van der Waals surface area contributed by atoms with Crippen LogP contribution >= 0.6 is 11.8 Å². The maximum atomic E-state index is 12.8. The molecule has 0 amide bonds. The normalized spacial score (nSPS) is 10.5. The second kappa shape index (κ2) is 5.25. The van der Waals surface area contributed by atoms with Crippen molar-refractivity contribution in [3.8, 4) is 0 Å². The molecule has 0 aliphatic rings. The monoisotopic (exact) mass is 249 g/mol. The summed E-state index contributed by atoms with van der Waals surface area (Å²) in [6.45, 7) is 2.29. The Bertz CT molecular complexity index is 514. The highest BCUT2D eigenvalue weighted by Crippen LogP contribution is 2.24. The van der Waals surface area contributed by atoms with Crippen LogP contribution in [0.3, 0.4) is 0 Å². The number of nitrogens with two attached hydrogens (primary N) is 1. The Morgan fingerprint density at radius 2 is 1.94 bits per heavy atom. The first-order chi connectivity index (χ1) is 8.17. The van der Waals surface area contributed by atoms with Crippen LogP contribution in [0, 0.1) is 12.7 Å². The molecule has 0 aliphatic heterocycles. The third-order valence-electron chi connectivity index (χ3n) is 2.12. The highest BCUT2D eigenvalue weighted by Gasteiger charge is 2.04. The lowest BCUT2D eigenvalue weighted by atomic mass is 10.3. The predicted molar refractivity (Wildman–Crippen MR) is 65.2 cm³/mol. The van der Waals surface area contributed by atoms with Gasteiger partial charge in [0.25, 0.3) is 0 Å². The first-order valence-corrected chi connectivity index (χ1v) is 5.97. The molecule has 1 aromatic heterocycles. The van der Waals surface area contributed by atoms with Gasteiger partial charge in [0.15, 0.2) is 5.16 Å². The van der Waals surface area contributed by atoms with E-state index in [0.717, 1.165) is 16.3 Å². The molecule has 88 valence electrons. The predicted octanol–water partition coefficient (Wildman–Crippen LogP) is 2.53. The molecule has 0 aliphatic carbocycles. The number of halogens is 1. The molecule has 2 N–H and O–H groups in total. The summed E-state index contributed by atoms with van der Waals surface area (Å²) >= 11 is 1.40. The molecule has 17 heavy (non-hydrogen) atoms. The second-order valence-corrected chi connectivity index (χ2v) is 4.58. The number of benzene rings is 1. The number of aryl methyl sites for hydroxylation is 1. The minimum absolute atomic E-state index is 0.248. The molecular weight excluding hydrogens is 237 g/mol. The van der Waals surface area contributed by atoms with Gasteiger partial charge in [0.2, 0.25) is 0 Å². The van der Waals surface area contributed by atoms with E-state index in [1.165, 1.54) is 23.9 Å². The third kappa shape index (κ3) is 3.25. The third-order valence-corrected chi connectivity index (χ3v) is 2.99. The van der Waals surface area contributed by atoms with Gasteiger partial charge in [0, 0.05) is 17.1 Å². The molecule has 0 saturated carbocycles. The SMILES string of the molecule is Cc1cc(CN)nc(Sc2ccc(F)cc2)n1. The highest BCUT2D eigenvalue weighted by molar-refractivity contribution is 7.99. The standard InChI is InChI=1S/C12H12FN3S/c1-8-6-10(7-14)16-12(15-8)17-11-4-2-9(13)3-5-11/h2-6H,7,14H2,1H3. The zero-order valence-electron chi connectivity index (χ0n) is 9.35. The minimum atomic E-state index is -0.248. The maximum Gasteiger partial charge on any atom is 0.192 e. The molecule has 2 aromatic rings. The molecule has 0 radical (unpaired) electrons. The molecule has 3 nitrogen and oxygen atoms in total. The summed E-state index contributed by atoms with van der Waals surface area (Å²) in [5.41, 5.74) is 7.24. The number of hydrogen-bond donors (Lipinski definition) is 1. The van der Waals surface area contributed by atoms with Crippen LogP contribution in [0.25, 0.3) is 0 Å². The van der Waals surface area contributed by atoms with Gasteiger partial charge in [-0.05, 0) is 49.0 Å². The fourth-order valence-corrected chi connectivity index (χ4v) is 2.20. The Morgan fingerprint density at radius 3 is 2.59 bits per heavy atom. The van der Waals surface area contributed by atoms with E-state index >= 15 is 0 Å². The van der Waals surface area contributed by atoms with Crippen molar-refractivity contribution >= 4 is 11.8 Å². The number of aromatic nitrogens is 2. The summed E-state index contributed by atoms with van der Waals surface area (Å²) in [6.07, 6.45) is 0. The van der Waals surface area contributed by atoms with E-state index in [1.54, 1.807) is 12.1 Å². The second-order valence-electron chi connectivity index (χ2n) is 3.54. The molecule has 1 aromatic carbocycles. The molecule has 0 unspecified atom stereocenters. The molecule has 2 rings (SSSR count). The summed E-state index contributed by atoms with van der Waals surface area (Å²) in [5.74, 6) is -0.248.